The SMILES string of the molecule is Cc1cc(CNS(=O)(=O)c2ccc(C)c(C)c2)ncn1. The summed E-state index contributed by atoms with van der Waals surface area (Å²) in [6.45, 7) is 5.83. The van der Waals surface area contributed by atoms with Crippen LogP contribution in [0.15, 0.2) is 35.5 Å². The topological polar surface area (TPSA) is 72.0 Å². The molecule has 1 aromatic carbocycles. The molecule has 1 aromatic heterocycles. The highest BCUT2D eigenvalue weighted by molar-refractivity contribution is 7.89. The summed E-state index contributed by atoms with van der Waals surface area (Å²) in [5, 5.41) is 0. The van der Waals surface area contributed by atoms with E-state index in [0.29, 0.717) is 5.69 Å². The number of hydrogen-bond donors (Lipinski definition) is 1. The van der Waals surface area contributed by atoms with Crippen LogP contribution in [0.4, 0.5) is 0 Å². The predicted molar refractivity (Wildman–Crippen MR) is 76.7 cm³/mol. The molecule has 1 N–H and O–H groups in total. The molecule has 2 rings (SSSR count). The smallest absolute Gasteiger partial charge is 0.240 e. The fraction of sp³-hybridized carbons (Fsp3) is 0.286. The van der Waals surface area contributed by atoms with Gasteiger partial charge in [-0.3, -0.25) is 0 Å². The van der Waals surface area contributed by atoms with E-state index in [2.05, 4.69) is 14.7 Å². The van der Waals surface area contributed by atoms with Gasteiger partial charge in [-0.2, -0.15) is 0 Å². The van der Waals surface area contributed by atoms with Crippen molar-refractivity contribution in [2.45, 2.75) is 32.2 Å². The lowest BCUT2D eigenvalue weighted by Gasteiger charge is -2.08. The van der Waals surface area contributed by atoms with Crippen molar-refractivity contribution in [3.63, 3.8) is 0 Å². The van der Waals surface area contributed by atoms with Crippen LogP contribution in [-0.4, -0.2) is 18.4 Å². The maximum absolute atomic E-state index is 12.2. The zero-order valence-corrected chi connectivity index (χ0v) is 12.5. The molecule has 5 nitrogen and oxygen atoms in total. The Morgan fingerprint density at radius 3 is 2.45 bits per heavy atom. The summed E-state index contributed by atoms with van der Waals surface area (Å²) in [6, 6.07) is 6.83. The van der Waals surface area contributed by atoms with E-state index in [4.69, 9.17) is 0 Å². The quantitative estimate of drug-likeness (QED) is 0.933. The van der Waals surface area contributed by atoms with Crippen LogP contribution in [0, 0.1) is 20.8 Å². The number of nitrogens with zero attached hydrogens (tertiary/aromatic N) is 2. The first-order valence-corrected chi connectivity index (χ1v) is 7.71. The Hall–Kier alpha value is -1.79. The summed E-state index contributed by atoms with van der Waals surface area (Å²) in [5.41, 5.74) is 3.46. The summed E-state index contributed by atoms with van der Waals surface area (Å²) < 4.78 is 26.9. The van der Waals surface area contributed by atoms with Crippen LogP contribution in [0.25, 0.3) is 0 Å². The minimum absolute atomic E-state index is 0.151. The molecule has 6 heteroatoms. The van der Waals surface area contributed by atoms with Crippen molar-refractivity contribution in [2.24, 2.45) is 0 Å². The second-order valence-corrected chi connectivity index (χ2v) is 6.49. The normalized spacial score (nSPS) is 11.6. The molecule has 0 saturated heterocycles. The van der Waals surface area contributed by atoms with Crippen LogP contribution in [0.2, 0.25) is 0 Å². The summed E-state index contributed by atoms with van der Waals surface area (Å²) in [5.74, 6) is 0. The Kier molecular flexibility index (Phi) is 4.15. The van der Waals surface area contributed by atoms with Gasteiger partial charge in [0.1, 0.15) is 6.33 Å². The number of rotatable bonds is 4. The maximum Gasteiger partial charge on any atom is 0.240 e. The molecule has 0 aliphatic rings. The third-order valence-corrected chi connectivity index (χ3v) is 4.49. The molecule has 0 aliphatic heterocycles. The molecule has 0 atom stereocenters. The molecular formula is C14H17N3O2S. The Balaban J connectivity index is 2.17. The minimum atomic E-state index is -3.52. The standard InChI is InChI=1S/C14H17N3O2S/c1-10-4-5-14(6-11(10)2)20(18,19)17-8-13-7-12(3)15-9-16-13/h4-7,9,17H,8H2,1-3H3. The Bertz CT molecular complexity index is 727. The van der Waals surface area contributed by atoms with Gasteiger partial charge < -0.3 is 0 Å². The average Bonchev–Trinajstić information content (AvgIpc) is 2.40. The third kappa shape index (κ3) is 3.40. The van der Waals surface area contributed by atoms with Gasteiger partial charge in [-0.1, -0.05) is 6.07 Å². The first-order valence-electron chi connectivity index (χ1n) is 6.23. The number of benzene rings is 1. The molecule has 0 bridgehead atoms. The molecule has 0 aliphatic carbocycles. The van der Waals surface area contributed by atoms with Crippen LogP contribution < -0.4 is 4.72 Å². The van der Waals surface area contributed by atoms with Crippen LogP contribution >= 0.6 is 0 Å². The number of aromatic nitrogens is 2. The molecule has 0 radical (unpaired) electrons. The highest BCUT2D eigenvalue weighted by Gasteiger charge is 2.14. The highest BCUT2D eigenvalue weighted by atomic mass is 32.2. The molecule has 2 aromatic rings. The lowest BCUT2D eigenvalue weighted by atomic mass is 10.1. The van der Waals surface area contributed by atoms with Crippen molar-refractivity contribution in [1.29, 1.82) is 0 Å². The van der Waals surface area contributed by atoms with E-state index in [1.807, 2.05) is 20.8 Å². The summed E-state index contributed by atoms with van der Waals surface area (Å²) in [6.07, 6.45) is 1.43. The monoisotopic (exact) mass is 291 g/mol. The van der Waals surface area contributed by atoms with E-state index < -0.39 is 10.0 Å². The summed E-state index contributed by atoms with van der Waals surface area (Å²) >= 11 is 0. The van der Waals surface area contributed by atoms with Crippen molar-refractivity contribution in [2.75, 3.05) is 0 Å². The van der Waals surface area contributed by atoms with E-state index in [9.17, 15) is 8.42 Å². The first-order chi connectivity index (χ1) is 9.38. The maximum atomic E-state index is 12.2. The van der Waals surface area contributed by atoms with Crippen LogP contribution in [-0.2, 0) is 16.6 Å². The molecule has 0 amide bonds. The van der Waals surface area contributed by atoms with Crippen LogP contribution in [0.3, 0.4) is 0 Å². The Morgan fingerprint density at radius 1 is 1.05 bits per heavy atom. The zero-order valence-electron chi connectivity index (χ0n) is 11.7. The van der Waals surface area contributed by atoms with Gasteiger partial charge in [0, 0.05) is 5.69 Å². The number of nitrogens with one attached hydrogen (secondary N) is 1. The van der Waals surface area contributed by atoms with Gasteiger partial charge in [-0.15, -0.1) is 0 Å². The van der Waals surface area contributed by atoms with E-state index in [1.165, 1.54) is 6.33 Å². The van der Waals surface area contributed by atoms with Crippen molar-refractivity contribution in [3.05, 3.63) is 53.1 Å². The minimum Gasteiger partial charge on any atom is -0.242 e. The van der Waals surface area contributed by atoms with Crippen molar-refractivity contribution in [1.82, 2.24) is 14.7 Å². The van der Waals surface area contributed by atoms with E-state index >= 15 is 0 Å². The first kappa shape index (κ1) is 14.6. The van der Waals surface area contributed by atoms with Crippen LogP contribution in [0.5, 0.6) is 0 Å². The molecule has 20 heavy (non-hydrogen) atoms. The summed E-state index contributed by atoms with van der Waals surface area (Å²) in [7, 11) is -3.52. The number of hydrogen-bond acceptors (Lipinski definition) is 4. The van der Waals surface area contributed by atoms with Crippen molar-refractivity contribution >= 4 is 10.0 Å². The Labute approximate surface area is 119 Å². The van der Waals surface area contributed by atoms with Gasteiger partial charge in [0.25, 0.3) is 0 Å². The Morgan fingerprint density at radius 2 is 1.80 bits per heavy atom. The van der Waals surface area contributed by atoms with Crippen molar-refractivity contribution < 1.29 is 8.42 Å². The van der Waals surface area contributed by atoms with Gasteiger partial charge in [0.2, 0.25) is 10.0 Å². The molecule has 0 spiro atoms. The molecular weight excluding hydrogens is 274 g/mol. The van der Waals surface area contributed by atoms with Gasteiger partial charge in [0.05, 0.1) is 17.1 Å². The number of aryl methyl sites for hydroxylation is 3. The lowest BCUT2D eigenvalue weighted by molar-refractivity contribution is 0.580. The number of sulfonamides is 1. The van der Waals surface area contributed by atoms with Gasteiger partial charge in [0.15, 0.2) is 0 Å². The second kappa shape index (κ2) is 5.68. The predicted octanol–water partition coefficient (Wildman–Crippen LogP) is 1.88. The fourth-order valence-corrected chi connectivity index (χ4v) is 2.82. The molecule has 106 valence electrons. The molecule has 0 fully saturated rings. The van der Waals surface area contributed by atoms with E-state index in [1.54, 1.807) is 24.3 Å². The summed E-state index contributed by atoms with van der Waals surface area (Å²) in [4.78, 5) is 8.28. The zero-order chi connectivity index (χ0) is 14.8. The van der Waals surface area contributed by atoms with E-state index in [0.717, 1.165) is 16.8 Å². The third-order valence-electron chi connectivity index (χ3n) is 3.09. The molecule has 0 unspecified atom stereocenters. The van der Waals surface area contributed by atoms with E-state index in [-0.39, 0.29) is 11.4 Å². The van der Waals surface area contributed by atoms with Gasteiger partial charge in [-0.05, 0) is 50.1 Å². The highest BCUT2D eigenvalue weighted by Crippen LogP contribution is 2.14. The van der Waals surface area contributed by atoms with Gasteiger partial charge >= 0.3 is 0 Å². The second-order valence-electron chi connectivity index (χ2n) is 4.72. The van der Waals surface area contributed by atoms with Gasteiger partial charge in [-0.25, -0.2) is 23.1 Å². The average molecular weight is 291 g/mol. The fourth-order valence-electron chi connectivity index (χ4n) is 1.74. The lowest BCUT2D eigenvalue weighted by Crippen LogP contribution is -2.24. The molecule has 1 heterocycles. The van der Waals surface area contributed by atoms with Crippen LogP contribution in [0.1, 0.15) is 22.5 Å². The largest absolute Gasteiger partial charge is 0.242 e. The van der Waals surface area contributed by atoms with Crippen molar-refractivity contribution in [3.8, 4) is 0 Å². The molecule has 0 saturated carbocycles.